The molecular weight excluding hydrogens is 490 g/mol. The van der Waals surface area contributed by atoms with Crippen molar-refractivity contribution < 1.29 is 33.9 Å². The highest BCUT2D eigenvalue weighted by atomic mass is 16.4. The summed E-state index contributed by atoms with van der Waals surface area (Å²) in [5.41, 5.74) is 1.03. The molecule has 38 heavy (non-hydrogen) atoms. The number of nitrogens with zero attached hydrogens (tertiary/aromatic N) is 1. The molecule has 2 aromatic rings. The molecule has 1 aliphatic rings. The smallest absolute Gasteiger partial charge is 0.305 e. The van der Waals surface area contributed by atoms with Crippen LogP contribution >= 0.6 is 0 Å². The van der Waals surface area contributed by atoms with Gasteiger partial charge in [0.2, 0.25) is 11.8 Å². The maximum atomic E-state index is 13.5. The van der Waals surface area contributed by atoms with E-state index < -0.39 is 48.2 Å². The first kappa shape index (κ1) is 28.2. The molecule has 3 N–H and O–H groups in total. The van der Waals surface area contributed by atoms with Gasteiger partial charge in [0.1, 0.15) is 18.4 Å². The molecule has 200 valence electrons. The van der Waals surface area contributed by atoms with Gasteiger partial charge in [0.25, 0.3) is 5.91 Å². The van der Waals surface area contributed by atoms with E-state index in [1.54, 1.807) is 62.4 Å². The van der Waals surface area contributed by atoms with E-state index in [0.717, 1.165) is 0 Å². The molecule has 0 aromatic heterocycles. The third-order valence-corrected chi connectivity index (χ3v) is 6.37. The molecule has 0 radical (unpaired) electrons. The van der Waals surface area contributed by atoms with Gasteiger partial charge in [-0.25, -0.2) is 0 Å². The quantitative estimate of drug-likeness (QED) is 0.302. The molecule has 10 nitrogen and oxygen atoms in total. The van der Waals surface area contributed by atoms with Crippen molar-refractivity contribution in [1.29, 1.82) is 0 Å². The molecule has 0 bridgehead atoms. The number of ketones is 1. The van der Waals surface area contributed by atoms with Gasteiger partial charge >= 0.3 is 5.97 Å². The van der Waals surface area contributed by atoms with Crippen molar-refractivity contribution in [2.75, 3.05) is 6.54 Å². The van der Waals surface area contributed by atoms with Crippen LogP contribution < -0.4 is 10.6 Å². The van der Waals surface area contributed by atoms with Crippen LogP contribution in [0.2, 0.25) is 0 Å². The van der Waals surface area contributed by atoms with Gasteiger partial charge in [-0.1, -0.05) is 56.3 Å². The molecule has 2 aromatic carbocycles. The standard InChI is InChI=1S/C28H31N3O7/c1-17(2)24(28(38)31-13-7-12-22(31)27(37)29-21(16-32)15-23(33)34)30-26(36)20-11-6-10-19(14-20)25(35)18-8-4-3-5-9-18/h3-6,8-11,14,16-17,21-22,24H,7,12-13,15H2,1-2H3,(H,29,37)(H,30,36)(H,33,34)/t21-,22?,24-/m0/s1. The third-order valence-electron chi connectivity index (χ3n) is 6.37. The van der Waals surface area contributed by atoms with Gasteiger partial charge in [-0.05, 0) is 30.9 Å². The summed E-state index contributed by atoms with van der Waals surface area (Å²) >= 11 is 0. The summed E-state index contributed by atoms with van der Waals surface area (Å²) in [5, 5.41) is 14.1. The van der Waals surface area contributed by atoms with E-state index >= 15 is 0 Å². The number of rotatable bonds is 11. The molecular formula is C28H31N3O7. The number of nitrogens with one attached hydrogen (secondary N) is 2. The number of carbonyl (C=O) groups excluding carboxylic acids is 5. The van der Waals surface area contributed by atoms with E-state index in [-0.39, 0.29) is 23.8 Å². The Kier molecular flexibility index (Phi) is 9.48. The Morgan fingerprint density at radius 3 is 2.26 bits per heavy atom. The van der Waals surface area contributed by atoms with Crippen molar-refractivity contribution in [2.45, 2.75) is 51.2 Å². The lowest BCUT2D eigenvalue weighted by molar-refractivity contribution is -0.142. The molecule has 3 atom stereocenters. The summed E-state index contributed by atoms with van der Waals surface area (Å²) in [6, 6.07) is 11.9. The molecule has 0 saturated carbocycles. The maximum absolute atomic E-state index is 13.5. The van der Waals surface area contributed by atoms with Crippen molar-refractivity contribution in [3.63, 3.8) is 0 Å². The summed E-state index contributed by atoms with van der Waals surface area (Å²) in [4.78, 5) is 75.7. The van der Waals surface area contributed by atoms with E-state index in [4.69, 9.17) is 5.11 Å². The first-order valence-electron chi connectivity index (χ1n) is 12.4. The van der Waals surface area contributed by atoms with Gasteiger partial charge in [-0.2, -0.15) is 0 Å². The highest BCUT2D eigenvalue weighted by Crippen LogP contribution is 2.21. The number of carboxylic acid groups (broad SMARTS) is 1. The number of amides is 3. The lowest BCUT2D eigenvalue weighted by Gasteiger charge is -2.31. The van der Waals surface area contributed by atoms with Gasteiger partial charge < -0.3 is 25.4 Å². The van der Waals surface area contributed by atoms with Crippen LogP contribution in [0, 0.1) is 5.92 Å². The maximum Gasteiger partial charge on any atom is 0.305 e. The molecule has 10 heteroatoms. The second-order valence-corrected chi connectivity index (χ2v) is 9.51. The minimum Gasteiger partial charge on any atom is -0.481 e. The molecule has 1 fully saturated rings. The van der Waals surface area contributed by atoms with Crippen LogP contribution in [0.25, 0.3) is 0 Å². The van der Waals surface area contributed by atoms with Crippen molar-refractivity contribution >= 4 is 35.8 Å². The molecule has 0 spiro atoms. The number of hydrogen-bond donors (Lipinski definition) is 3. The van der Waals surface area contributed by atoms with Crippen LogP contribution in [0.1, 0.15) is 59.4 Å². The summed E-state index contributed by atoms with van der Waals surface area (Å²) in [6.45, 7) is 3.80. The van der Waals surface area contributed by atoms with E-state index in [9.17, 15) is 28.8 Å². The third kappa shape index (κ3) is 6.90. The molecule has 1 unspecified atom stereocenters. The number of hydrogen-bond acceptors (Lipinski definition) is 6. The second kappa shape index (κ2) is 12.8. The molecule has 1 saturated heterocycles. The second-order valence-electron chi connectivity index (χ2n) is 9.51. The van der Waals surface area contributed by atoms with Gasteiger partial charge in [0, 0.05) is 23.2 Å². The van der Waals surface area contributed by atoms with Crippen LogP contribution in [0.3, 0.4) is 0 Å². The van der Waals surface area contributed by atoms with Crippen LogP contribution in [0.4, 0.5) is 0 Å². The Morgan fingerprint density at radius 1 is 0.974 bits per heavy atom. The predicted molar refractivity (Wildman–Crippen MR) is 137 cm³/mol. The van der Waals surface area contributed by atoms with E-state index in [0.29, 0.717) is 30.3 Å². The van der Waals surface area contributed by atoms with Crippen molar-refractivity contribution in [3.05, 3.63) is 71.3 Å². The zero-order valence-electron chi connectivity index (χ0n) is 21.3. The Balaban J connectivity index is 1.73. The predicted octanol–water partition coefficient (Wildman–Crippen LogP) is 1.82. The number of likely N-dealkylation sites (tertiary alicyclic amines) is 1. The first-order valence-corrected chi connectivity index (χ1v) is 12.4. The summed E-state index contributed by atoms with van der Waals surface area (Å²) in [5.74, 6) is -3.40. The van der Waals surface area contributed by atoms with Crippen molar-refractivity contribution in [3.8, 4) is 0 Å². The van der Waals surface area contributed by atoms with E-state index in [1.165, 1.54) is 11.0 Å². The highest BCUT2D eigenvalue weighted by Gasteiger charge is 2.39. The lowest BCUT2D eigenvalue weighted by Crippen LogP contribution is -2.56. The number of aliphatic carboxylic acids is 1. The average Bonchev–Trinajstić information content (AvgIpc) is 3.41. The SMILES string of the molecule is CC(C)[C@H](NC(=O)c1cccc(C(=O)c2ccccc2)c1)C(=O)N1CCCC1C(=O)N[C@H](C=O)CC(=O)O. The average molecular weight is 522 g/mol. The van der Waals surface area contributed by atoms with Gasteiger partial charge in [0.05, 0.1) is 12.5 Å². The summed E-state index contributed by atoms with van der Waals surface area (Å²) in [7, 11) is 0. The molecule has 3 amide bonds. The fourth-order valence-electron chi connectivity index (χ4n) is 4.38. The van der Waals surface area contributed by atoms with Crippen molar-refractivity contribution in [2.24, 2.45) is 5.92 Å². The zero-order chi connectivity index (χ0) is 27.8. The monoisotopic (exact) mass is 521 g/mol. The Bertz CT molecular complexity index is 1210. The van der Waals surface area contributed by atoms with Crippen LogP contribution in [0.5, 0.6) is 0 Å². The van der Waals surface area contributed by atoms with Gasteiger partial charge in [0.15, 0.2) is 5.78 Å². The molecule has 1 heterocycles. The number of aldehydes is 1. The number of benzene rings is 2. The minimum absolute atomic E-state index is 0.212. The lowest BCUT2D eigenvalue weighted by atomic mass is 9.99. The summed E-state index contributed by atoms with van der Waals surface area (Å²) < 4.78 is 0. The highest BCUT2D eigenvalue weighted by molar-refractivity contribution is 6.10. The largest absolute Gasteiger partial charge is 0.481 e. The zero-order valence-corrected chi connectivity index (χ0v) is 21.3. The number of carbonyl (C=O) groups is 6. The topological polar surface area (TPSA) is 150 Å². The Hall–Kier alpha value is -4.34. The Morgan fingerprint density at radius 2 is 1.63 bits per heavy atom. The molecule has 0 aliphatic carbocycles. The molecule has 3 rings (SSSR count). The molecule has 1 aliphatic heterocycles. The van der Waals surface area contributed by atoms with Gasteiger partial charge in [-0.3, -0.25) is 24.0 Å². The minimum atomic E-state index is -1.24. The number of carboxylic acids is 1. The van der Waals surface area contributed by atoms with Gasteiger partial charge in [-0.15, -0.1) is 0 Å². The van der Waals surface area contributed by atoms with Crippen LogP contribution in [-0.4, -0.2) is 70.4 Å². The van der Waals surface area contributed by atoms with E-state index in [1.807, 2.05) is 0 Å². The van der Waals surface area contributed by atoms with Crippen LogP contribution in [0.15, 0.2) is 54.6 Å². The summed E-state index contributed by atoms with van der Waals surface area (Å²) in [6.07, 6.45) is 0.670. The fourth-order valence-corrected chi connectivity index (χ4v) is 4.38. The normalized spacial score (nSPS) is 16.4. The Labute approximate surface area is 220 Å². The fraction of sp³-hybridized carbons (Fsp3) is 0.357. The van der Waals surface area contributed by atoms with Crippen molar-refractivity contribution in [1.82, 2.24) is 15.5 Å². The van der Waals surface area contributed by atoms with E-state index in [2.05, 4.69) is 10.6 Å². The first-order chi connectivity index (χ1) is 18.1. The van der Waals surface area contributed by atoms with Crippen LogP contribution in [-0.2, 0) is 19.2 Å².